The zero-order valence-corrected chi connectivity index (χ0v) is 25.7. The van der Waals surface area contributed by atoms with E-state index in [1.54, 1.807) is 13.2 Å². The molecule has 0 aliphatic carbocycles. The molecule has 0 amide bonds. The first kappa shape index (κ1) is 34.1. The number of carbonyl (C=O) groups excluding carboxylic acids is 1. The standard InChI is InChI=1S/C27H29ClN2O4S2.C2HF3O2/c1-3-4-9-21(31)13-12-19-7-5-8-20(16-19)17-30-23-10-6-11-24(34-2)27(23)22(29-30)18-36(32,33)26-15-14-25(28)35-26;3-2(4,5)1(6)7/h5-8,10-11,14-16H,3-4,9,12-13,17-18H2,1-2H3;(H,6,7). The Bertz CT molecular complexity index is 1680. The summed E-state index contributed by atoms with van der Waals surface area (Å²) in [5.74, 6) is -2.14. The van der Waals surface area contributed by atoms with Crippen LogP contribution in [0.15, 0.2) is 58.8 Å². The number of hydrogen-bond donors (Lipinski definition) is 1. The Morgan fingerprint density at radius 1 is 1.07 bits per heavy atom. The maximum atomic E-state index is 13.1. The number of carboxylic acid groups (broad SMARTS) is 1. The molecule has 4 rings (SSSR count). The van der Waals surface area contributed by atoms with Crippen LogP contribution in [0.25, 0.3) is 10.9 Å². The van der Waals surface area contributed by atoms with Crippen molar-refractivity contribution in [1.29, 1.82) is 0 Å². The summed E-state index contributed by atoms with van der Waals surface area (Å²) in [4.78, 5) is 21.0. The molecule has 0 atom stereocenters. The van der Waals surface area contributed by atoms with Crippen LogP contribution >= 0.6 is 22.9 Å². The molecule has 0 unspecified atom stereocenters. The molecule has 0 aliphatic rings. The fourth-order valence-electron chi connectivity index (χ4n) is 4.22. The van der Waals surface area contributed by atoms with Crippen LogP contribution in [0.3, 0.4) is 0 Å². The predicted octanol–water partition coefficient (Wildman–Crippen LogP) is 7.11. The van der Waals surface area contributed by atoms with Gasteiger partial charge in [0.25, 0.3) is 0 Å². The lowest BCUT2D eigenvalue weighted by molar-refractivity contribution is -0.192. The molecule has 2 aromatic heterocycles. The summed E-state index contributed by atoms with van der Waals surface area (Å²) in [6.45, 7) is 2.55. The van der Waals surface area contributed by atoms with Gasteiger partial charge in [-0.05, 0) is 48.2 Å². The molecule has 0 fully saturated rings. The maximum Gasteiger partial charge on any atom is 0.490 e. The summed E-state index contributed by atoms with van der Waals surface area (Å²) in [7, 11) is -2.06. The van der Waals surface area contributed by atoms with Gasteiger partial charge in [-0.2, -0.15) is 18.3 Å². The van der Waals surface area contributed by atoms with Crippen LogP contribution in [0, 0.1) is 0 Å². The quantitative estimate of drug-likeness (QED) is 0.173. The van der Waals surface area contributed by atoms with Crippen molar-refractivity contribution in [3.8, 4) is 5.75 Å². The van der Waals surface area contributed by atoms with E-state index >= 15 is 0 Å². The summed E-state index contributed by atoms with van der Waals surface area (Å²) >= 11 is 7.02. The number of aliphatic carboxylic acids is 1. The Balaban J connectivity index is 0.000000646. The average Bonchev–Trinajstić information content (AvgIpc) is 3.54. The third-order valence-electron chi connectivity index (χ3n) is 6.28. The second-order valence-corrected chi connectivity index (χ2v) is 13.5. The second-order valence-electron chi connectivity index (χ2n) is 9.54. The molecule has 0 spiro atoms. The summed E-state index contributed by atoms with van der Waals surface area (Å²) in [5, 5.41) is 12.5. The minimum Gasteiger partial charge on any atom is -0.496 e. The molecule has 14 heteroatoms. The second kappa shape index (κ2) is 14.8. The molecular weight excluding hydrogens is 629 g/mol. The van der Waals surface area contributed by atoms with Crippen molar-refractivity contribution in [2.24, 2.45) is 0 Å². The first-order valence-corrected chi connectivity index (χ1v) is 16.0. The van der Waals surface area contributed by atoms with E-state index in [4.69, 9.17) is 31.3 Å². The molecule has 0 aliphatic heterocycles. The molecule has 1 N–H and O–H groups in total. The van der Waals surface area contributed by atoms with Crippen molar-refractivity contribution in [2.45, 2.75) is 61.7 Å². The van der Waals surface area contributed by atoms with Gasteiger partial charge in [-0.1, -0.05) is 55.3 Å². The maximum absolute atomic E-state index is 13.1. The zero-order chi connectivity index (χ0) is 31.8. The van der Waals surface area contributed by atoms with Crippen LogP contribution in [-0.2, 0) is 38.1 Å². The van der Waals surface area contributed by atoms with Crippen molar-refractivity contribution in [3.05, 3.63) is 75.8 Å². The lowest BCUT2D eigenvalue weighted by atomic mass is 10.0. The van der Waals surface area contributed by atoms with Crippen LogP contribution in [0.1, 0.15) is 49.4 Å². The van der Waals surface area contributed by atoms with Gasteiger partial charge in [0.2, 0.25) is 0 Å². The lowest BCUT2D eigenvalue weighted by Gasteiger charge is -2.08. The molecule has 0 saturated carbocycles. The number of halogens is 4. The van der Waals surface area contributed by atoms with Gasteiger partial charge in [-0.15, -0.1) is 11.3 Å². The fourth-order valence-corrected chi connectivity index (χ4v) is 7.07. The van der Waals surface area contributed by atoms with Crippen molar-refractivity contribution in [3.63, 3.8) is 0 Å². The minimum atomic E-state index is -5.08. The average molecular weight is 659 g/mol. The number of sulfone groups is 1. The Hall–Kier alpha value is -3.42. The lowest BCUT2D eigenvalue weighted by Crippen LogP contribution is -2.21. The van der Waals surface area contributed by atoms with E-state index in [1.807, 2.05) is 41.1 Å². The number of aromatic nitrogens is 2. The van der Waals surface area contributed by atoms with E-state index in [1.165, 1.54) is 6.07 Å². The third-order valence-corrected chi connectivity index (χ3v) is 9.72. The number of benzene rings is 2. The summed E-state index contributed by atoms with van der Waals surface area (Å²) in [6, 6.07) is 16.8. The SMILES string of the molecule is CCCCC(=O)CCc1cccc(Cn2nc(CS(=O)(=O)c3ccc(Cl)s3)c3c(OC)cccc32)c1.O=C(O)C(F)(F)F. The van der Waals surface area contributed by atoms with Crippen molar-refractivity contribution < 1.29 is 41.0 Å². The number of ketones is 1. The summed E-state index contributed by atoms with van der Waals surface area (Å²) < 4.78 is 65.9. The van der Waals surface area contributed by atoms with Crippen LogP contribution in [0.4, 0.5) is 13.2 Å². The number of Topliss-reactive ketones (excluding diaryl/α,β-unsaturated/α-hetero) is 1. The molecule has 8 nitrogen and oxygen atoms in total. The number of hydrogen-bond acceptors (Lipinski definition) is 7. The van der Waals surface area contributed by atoms with E-state index in [-0.39, 0.29) is 9.96 Å². The van der Waals surface area contributed by atoms with Crippen molar-refractivity contribution >= 4 is 55.4 Å². The van der Waals surface area contributed by atoms with Gasteiger partial charge in [0.1, 0.15) is 21.5 Å². The Labute approximate surface area is 256 Å². The number of aryl methyl sites for hydroxylation is 1. The number of ether oxygens (including phenoxy) is 1. The molecule has 0 radical (unpaired) electrons. The fraction of sp³-hybridized carbons (Fsp3) is 0.345. The van der Waals surface area contributed by atoms with E-state index in [2.05, 4.69) is 13.0 Å². The largest absolute Gasteiger partial charge is 0.496 e. The number of alkyl halides is 3. The molecule has 4 aromatic rings. The summed E-state index contributed by atoms with van der Waals surface area (Å²) in [5.41, 5.74) is 3.36. The topological polar surface area (TPSA) is 116 Å². The summed E-state index contributed by atoms with van der Waals surface area (Å²) in [6.07, 6.45) is -1.24. The van der Waals surface area contributed by atoms with E-state index in [0.29, 0.717) is 52.8 Å². The van der Waals surface area contributed by atoms with Gasteiger partial charge >= 0.3 is 12.1 Å². The van der Waals surface area contributed by atoms with Gasteiger partial charge in [0.15, 0.2) is 9.84 Å². The normalized spacial score (nSPS) is 11.7. The van der Waals surface area contributed by atoms with E-state index < -0.39 is 22.0 Å². The van der Waals surface area contributed by atoms with Gasteiger partial charge in [-0.25, -0.2) is 13.2 Å². The highest BCUT2D eigenvalue weighted by Gasteiger charge is 2.38. The molecule has 43 heavy (non-hydrogen) atoms. The number of fused-ring (bicyclic) bond motifs is 1. The molecule has 2 aromatic carbocycles. The van der Waals surface area contributed by atoms with Crippen LogP contribution in [0.2, 0.25) is 4.34 Å². The number of methoxy groups -OCH3 is 1. The smallest absolute Gasteiger partial charge is 0.490 e. The predicted molar refractivity (Wildman–Crippen MR) is 159 cm³/mol. The van der Waals surface area contributed by atoms with Crippen LogP contribution in [0.5, 0.6) is 5.75 Å². The van der Waals surface area contributed by atoms with Gasteiger partial charge in [0.05, 0.1) is 34.6 Å². The van der Waals surface area contributed by atoms with Crippen molar-refractivity contribution in [1.82, 2.24) is 9.78 Å². The van der Waals surface area contributed by atoms with Gasteiger partial charge in [-0.3, -0.25) is 9.48 Å². The molecule has 0 bridgehead atoms. The van der Waals surface area contributed by atoms with Gasteiger partial charge < -0.3 is 9.84 Å². The highest BCUT2D eigenvalue weighted by atomic mass is 35.5. The van der Waals surface area contributed by atoms with Crippen molar-refractivity contribution in [2.75, 3.05) is 7.11 Å². The minimum absolute atomic E-state index is 0.214. The third kappa shape index (κ3) is 9.54. The number of rotatable bonds is 12. The van der Waals surface area contributed by atoms with Crippen LogP contribution < -0.4 is 4.74 Å². The molecular formula is C29H30ClF3N2O6S2. The van der Waals surface area contributed by atoms with Crippen LogP contribution in [-0.4, -0.2) is 48.3 Å². The van der Waals surface area contributed by atoms with E-state index in [0.717, 1.165) is 40.8 Å². The highest BCUT2D eigenvalue weighted by molar-refractivity contribution is 7.92. The van der Waals surface area contributed by atoms with E-state index in [9.17, 15) is 26.4 Å². The van der Waals surface area contributed by atoms with Gasteiger partial charge in [0, 0.05) is 12.8 Å². The molecule has 2 heterocycles. The Morgan fingerprint density at radius 2 is 1.74 bits per heavy atom. The zero-order valence-electron chi connectivity index (χ0n) is 23.4. The number of carboxylic acids is 1. The highest BCUT2D eigenvalue weighted by Crippen LogP contribution is 2.33. The Morgan fingerprint density at radius 3 is 2.35 bits per heavy atom. The number of unbranched alkanes of at least 4 members (excludes halogenated alkanes) is 1. The molecule has 0 saturated heterocycles. The number of thiophene rings is 1. The number of nitrogens with zero attached hydrogens (tertiary/aromatic N) is 2. The monoisotopic (exact) mass is 658 g/mol. The first-order chi connectivity index (χ1) is 20.2. The molecule has 232 valence electrons. The number of carbonyl (C=O) groups is 2. The first-order valence-electron chi connectivity index (χ1n) is 13.1. The Kier molecular flexibility index (Phi) is 11.8.